The zero-order valence-corrected chi connectivity index (χ0v) is 14.7. The first-order chi connectivity index (χ1) is 11.7. The SMILES string of the molecule is CC(C)c1cc(Oc2ccccc2)nc(SCc2ccccc2)n1. The average Bonchev–Trinajstić information content (AvgIpc) is 2.61. The highest BCUT2D eigenvalue weighted by atomic mass is 32.2. The van der Waals surface area contributed by atoms with E-state index < -0.39 is 0 Å². The first-order valence-corrected chi connectivity index (χ1v) is 8.98. The van der Waals surface area contributed by atoms with Crippen LogP contribution in [0.5, 0.6) is 11.6 Å². The molecule has 0 bridgehead atoms. The number of para-hydroxylation sites is 1. The fourth-order valence-electron chi connectivity index (χ4n) is 2.16. The van der Waals surface area contributed by atoms with E-state index in [4.69, 9.17) is 4.74 Å². The van der Waals surface area contributed by atoms with Crippen LogP contribution in [-0.2, 0) is 5.75 Å². The molecule has 0 saturated carbocycles. The van der Waals surface area contributed by atoms with Gasteiger partial charge >= 0.3 is 0 Å². The van der Waals surface area contributed by atoms with Crippen LogP contribution in [0.25, 0.3) is 0 Å². The molecule has 0 N–H and O–H groups in total. The molecule has 0 aliphatic heterocycles. The van der Waals surface area contributed by atoms with Gasteiger partial charge in [-0.25, -0.2) is 4.98 Å². The second-order valence-electron chi connectivity index (χ2n) is 5.76. The van der Waals surface area contributed by atoms with Crippen LogP contribution < -0.4 is 4.74 Å². The van der Waals surface area contributed by atoms with Gasteiger partial charge in [0.2, 0.25) is 5.88 Å². The average molecular weight is 336 g/mol. The van der Waals surface area contributed by atoms with E-state index in [0.29, 0.717) is 11.8 Å². The van der Waals surface area contributed by atoms with Crippen LogP contribution in [0.4, 0.5) is 0 Å². The van der Waals surface area contributed by atoms with Gasteiger partial charge in [0.1, 0.15) is 5.75 Å². The largest absolute Gasteiger partial charge is 0.439 e. The van der Waals surface area contributed by atoms with Gasteiger partial charge in [0.15, 0.2) is 5.16 Å². The van der Waals surface area contributed by atoms with E-state index >= 15 is 0 Å². The van der Waals surface area contributed by atoms with E-state index in [1.807, 2.05) is 54.6 Å². The molecule has 0 radical (unpaired) electrons. The van der Waals surface area contributed by atoms with Crippen molar-refractivity contribution in [1.82, 2.24) is 9.97 Å². The number of rotatable bonds is 6. The summed E-state index contributed by atoms with van der Waals surface area (Å²) < 4.78 is 5.90. The monoisotopic (exact) mass is 336 g/mol. The molecule has 0 amide bonds. The summed E-state index contributed by atoms with van der Waals surface area (Å²) in [5, 5.41) is 0.746. The van der Waals surface area contributed by atoms with Gasteiger partial charge < -0.3 is 4.74 Å². The number of nitrogens with zero attached hydrogens (tertiary/aromatic N) is 2. The molecule has 0 fully saturated rings. The van der Waals surface area contributed by atoms with Crippen molar-refractivity contribution in [3.8, 4) is 11.6 Å². The molecule has 0 spiro atoms. The molecule has 24 heavy (non-hydrogen) atoms. The fraction of sp³-hybridized carbons (Fsp3) is 0.200. The van der Waals surface area contributed by atoms with E-state index in [1.165, 1.54) is 5.56 Å². The third kappa shape index (κ3) is 4.59. The highest BCUT2D eigenvalue weighted by Crippen LogP contribution is 2.27. The Morgan fingerprint density at radius 3 is 2.25 bits per heavy atom. The van der Waals surface area contributed by atoms with Crippen LogP contribution in [0, 0.1) is 0 Å². The minimum absolute atomic E-state index is 0.321. The molecule has 3 aromatic rings. The van der Waals surface area contributed by atoms with Crippen molar-refractivity contribution in [2.24, 2.45) is 0 Å². The summed E-state index contributed by atoms with van der Waals surface area (Å²) in [6.07, 6.45) is 0. The predicted molar refractivity (Wildman–Crippen MR) is 98.6 cm³/mol. The van der Waals surface area contributed by atoms with Gasteiger partial charge in [-0.3, -0.25) is 0 Å². The lowest BCUT2D eigenvalue weighted by atomic mass is 10.1. The van der Waals surface area contributed by atoms with Crippen LogP contribution in [0.1, 0.15) is 31.0 Å². The van der Waals surface area contributed by atoms with Crippen LogP contribution >= 0.6 is 11.8 Å². The molecule has 3 nitrogen and oxygen atoms in total. The first-order valence-electron chi connectivity index (χ1n) is 7.99. The number of thioether (sulfide) groups is 1. The Hall–Kier alpha value is -2.33. The second-order valence-corrected chi connectivity index (χ2v) is 6.70. The van der Waals surface area contributed by atoms with Gasteiger partial charge in [-0.2, -0.15) is 4.98 Å². The molecular weight excluding hydrogens is 316 g/mol. The van der Waals surface area contributed by atoms with Crippen molar-refractivity contribution in [3.63, 3.8) is 0 Å². The molecule has 122 valence electrons. The maximum atomic E-state index is 5.90. The Morgan fingerprint density at radius 1 is 0.917 bits per heavy atom. The van der Waals surface area contributed by atoms with Crippen LogP contribution in [0.15, 0.2) is 71.9 Å². The van der Waals surface area contributed by atoms with E-state index in [0.717, 1.165) is 22.4 Å². The Balaban J connectivity index is 1.80. The highest BCUT2D eigenvalue weighted by molar-refractivity contribution is 7.98. The maximum Gasteiger partial charge on any atom is 0.223 e. The lowest BCUT2D eigenvalue weighted by Gasteiger charge is -2.11. The Morgan fingerprint density at radius 2 is 1.58 bits per heavy atom. The van der Waals surface area contributed by atoms with E-state index in [9.17, 15) is 0 Å². The van der Waals surface area contributed by atoms with Crippen molar-refractivity contribution in [1.29, 1.82) is 0 Å². The minimum atomic E-state index is 0.321. The number of aromatic nitrogens is 2. The van der Waals surface area contributed by atoms with Gasteiger partial charge in [-0.05, 0) is 23.6 Å². The van der Waals surface area contributed by atoms with E-state index in [1.54, 1.807) is 11.8 Å². The van der Waals surface area contributed by atoms with Crippen LogP contribution in [0.2, 0.25) is 0 Å². The lowest BCUT2D eigenvalue weighted by Crippen LogP contribution is -1.99. The van der Waals surface area contributed by atoms with Crippen molar-refractivity contribution in [2.75, 3.05) is 0 Å². The van der Waals surface area contributed by atoms with Crippen molar-refractivity contribution < 1.29 is 4.74 Å². The van der Waals surface area contributed by atoms with Gasteiger partial charge in [0, 0.05) is 11.8 Å². The molecular formula is C20H20N2OS. The zero-order chi connectivity index (χ0) is 16.8. The maximum absolute atomic E-state index is 5.90. The summed E-state index contributed by atoms with van der Waals surface area (Å²) in [7, 11) is 0. The second kappa shape index (κ2) is 7.97. The Kier molecular flexibility index (Phi) is 5.49. The molecule has 1 heterocycles. The molecule has 0 atom stereocenters. The lowest BCUT2D eigenvalue weighted by molar-refractivity contribution is 0.453. The van der Waals surface area contributed by atoms with Gasteiger partial charge in [-0.1, -0.05) is 74.1 Å². The Labute approximate surface area is 147 Å². The first kappa shape index (κ1) is 16.5. The number of ether oxygens (including phenoxy) is 1. The molecule has 0 aliphatic carbocycles. The molecule has 3 rings (SSSR count). The zero-order valence-electron chi connectivity index (χ0n) is 13.8. The van der Waals surface area contributed by atoms with Gasteiger partial charge in [0.05, 0.1) is 5.69 Å². The summed E-state index contributed by atoms with van der Waals surface area (Å²) in [5.74, 6) is 2.54. The summed E-state index contributed by atoms with van der Waals surface area (Å²) in [5.41, 5.74) is 2.25. The van der Waals surface area contributed by atoms with Gasteiger partial charge in [-0.15, -0.1) is 0 Å². The normalized spacial score (nSPS) is 10.8. The molecule has 2 aromatic carbocycles. The van der Waals surface area contributed by atoms with Crippen LogP contribution in [-0.4, -0.2) is 9.97 Å². The topological polar surface area (TPSA) is 35.0 Å². The molecule has 0 saturated heterocycles. The smallest absolute Gasteiger partial charge is 0.223 e. The van der Waals surface area contributed by atoms with E-state index in [-0.39, 0.29) is 0 Å². The third-order valence-electron chi connectivity index (χ3n) is 3.47. The number of hydrogen-bond acceptors (Lipinski definition) is 4. The van der Waals surface area contributed by atoms with E-state index in [2.05, 4.69) is 35.9 Å². The summed E-state index contributed by atoms with van der Waals surface area (Å²) in [4.78, 5) is 9.22. The highest BCUT2D eigenvalue weighted by Gasteiger charge is 2.10. The van der Waals surface area contributed by atoms with Crippen molar-refractivity contribution in [2.45, 2.75) is 30.7 Å². The minimum Gasteiger partial charge on any atom is -0.439 e. The molecule has 1 aromatic heterocycles. The summed E-state index contributed by atoms with van der Waals surface area (Å²) >= 11 is 1.63. The van der Waals surface area contributed by atoms with Crippen LogP contribution in [0.3, 0.4) is 0 Å². The molecule has 0 aliphatic rings. The van der Waals surface area contributed by atoms with Crippen molar-refractivity contribution in [3.05, 3.63) is 78.0 Å². The molecule has 0 unspecified atom stereocenters. The quantitative estimate of drug-likeness (QED) is 0.428. The fourth-order valence-corrected chi connectivity index (χ4v) is 2.98. The number of hydrogen-bond donors (Lipinski definition) is 0. The summed E-state index contributed by atoms with van der Waals surface area (Å²) in [6.45, 7) is 4.25. The predicted octanol–water partition coefficient (Wildman–Crippen LogP) is 5.68. The van der Waals surface area contributed by atoms with Gasteiger partial charge in [0.25, 0.3) is 0 Å². The summed E-state index contributed by atoms with van der Waals surface area (Å²) in [6, 6.07) is 22.0. The third-order valence-corrected chi connectivity index (χ3v) is 4.39. The standard InChI is InChI=1S/C20H20N2OS/c1-15(2)18-13-19(23-17-11-7-4-8-12-17)22-20(21-18)24-14-16-9-5-3-6-10-16/h3-13,15H,14H2,1-2H3. The Bertz CT molecular complexity index is 776. The van der Waals surface area contributed by atoms with Crippen molar-refractivity contribution >= 4 is 11.8 Å². The number of benzene rings is 2. The molecule has 4 heteroatoms.